The summed E-state index contributed by atoms with van der Waals surface area (Å²) in [6.45, 7) is 0. The fourth-order valence-corrected chi connectivity index (χ4v) is 8.07. The first-order valence-corrected chi connectivity index (χ1v) is 12.8. The van der Waals surface area contributed by atoms with Crippen molar-refractivity contribution in [3.05, 3.63) is 97.1 Å². The molecule has 0 spiro atoms. The molecule has 0 radical (unpaired) electrons. The molecule has 0 fully saturated rings. The first-order valence-electron chi connectivity index (χ1n) is 12.8. The van der Waals surface area contributed by atoms with Crippen molar-refractivity contribution < 1.29 is 0 Å². The Kier molecular flexibility index (Phi) is 2.40. The lowest BCUT2D eigenvalue weighted by molar-refractivity contribution is 1.81. The Bertz CT molecular complexity index is 2480. The molecular weight excluding hydrogens is 432 g/mol. The van der Waals surface area contributed by atoms with E-state index >= 15 is 0 Å². The molecule has 11 aromatic carbocycles. The van der Waals surface area contributed by atoms with Gasteiger partial charge >= 0.3 is 0 Å². The van der Waals surface area contributed by atoms with Gasteiger partial charge in [-0.3, -0.25) is 0 Å². The normalized spacial score (nSPS) is 13.6. The highest BCUT2D eigenvalue weighted by Gasteiger charge is 2.26. The lowest BCUT2D eigenvalue weighted by Crippen LogP contribution is -1.97. The lowest BCUT2D eigenvalue weighted by Gasteiger charge is -2.26. The molecule has 0 aliphatic rings. The molecule has 0 unspecified atom stereocenters. The summed E-state index contributed by atoms with van der Waals surface area (Å²) in [4.78, 5) is 0. The van der Waals surface area contributed by atoms with Crippen LogP contribution in [0.25, 0.3) is 108 Å². The fourth-order valence-electron chi connectivity index (χ4n) is 8.07. The Morgan fingerprint density at radius 1 is 0.222 bits per heavy atom. The quantitative estimate of drug-likeness (QED) is 0.160. The molecule has 0 saturated heterocycles. The monoisotopic (exact) mass is 448 g/mol. The highest BCUT2D eigenvalue weighted by molar-refractivity contribution is 6.54. The summed E-state index contributed by atoms with van der Waals surface area (Å²) in [5, 5.41) is 28.1. The standard InChI is InChI=1S/C36H16/c1-2-4-24-23(3-1)25-13-11-21-15-19-9-7-17-5-6-18-8-10-20-16-22-12-14-26(24)34-32(22)36-30(20)28(18)27(17)29(19)35(36)31(21)33(25)34/h1-16H. The van der Waals surface area contributed by atoms with Crippen LogP contribution in [0.1, 0.15) is 0 Å². The molecule has 0 atom stereocenters. The Morgan fingerprint density at radius 3 is 1.00 bits per heavy atom. The predicted octanol–water partition coefficient (Wildman–Crippen LogP) is 10.4. The zero-order valence-corrected chi connectivity index (χ0v) is 19.2. The topological polar surface area (TPSA) is 0 Å². The molecule has 0 bridgehead atoms. The van der Waals surface area contributed by atoms with Gasteiger partial charge in [-0.25, -0.2) is 0 Å². The summed E-state index contributed by atoms with van der Waals surface area (Å²) in [6.07, 6.45) is 0. The van der Waals surface area contributed by atoms with Gasteiger partial charge in [0.2, 0.25) is 0 Å². The van der Waals surface area contributed by atoms with Crippen LogP contribution in [0.5, 0.6) is 0 Å². The zero-order valence-electron chi connectivity index (χ0n) is 19.2. The van der Waals surface area contributed by atoms with E-state index in [1.54, 1.807) is 0 Å². The van der Waals surface area contributed by atoms with Crippen molar-refractivity contribution in [1.82, 2.24) is 0 Å². The van der Waals surface area contributed by atoms with Crippen molar-refractivity contribution in [2.24, 2.45) is 0 Å². The number of hydrogen-bond donors (Lipinski definition) is 0. The van der Waals surface area contributed by atoms with Crippen molar-refractivity contribution >= 4 is 108 Å². The van der Waals surface area contributed by atoms with Crippen LogP contribution in [-0.4, -0.2) is 0 Å². The van der Waals surface area contributed by atoms with Crippen LogP contribution in [-0.2, 0) is 0 Å². The first kappa shape index (κ1) is 16.9. The molecule has 0 aromatic heterocycles. The average molecular weight is 449 g/mol. The Morgan fingerprint density at radius 2 is 0.556 bits per heavy atom. The second-order valence-electron chi connectivity index (χ2n) is 10.8. The van der Waals surface area contributed by atoms with Gasteiger partial charge in [0.1, 0.15) is 0 Å². The molecule has 0 heterocycles. The first-order chi connectivity index (χ1) is 17.9. The van der Waals surface area contributed by atoms with Gasteiger partial charge in [-0.05, 0) is 120 Å². The summed E-state index contributed by atoms with van der Waals surface area (Å²) in [5.41, 5.74) is 0. The van der Waals surface area contributed by atoms with Crippen molar-refractivity contribution in [1.29, 1.82) is 0 Å². The van der Waals surface area contributed by atoms with Gasteiger partial charge in [0, 0.05) is 0 Å². The molecule has 0 aliphatic heterocycles. The molecular formula is C36H16. The van der Waals surface area contributed by atoms with Crippen LogP contribution in [0.3, 0.4) is 0 Å². The molecule has 11 aromatic rings. The summed E-state index contributed by atoms with van der Waals surface area (Å²) < 4.78 is 0. The van der Waals surface area contributed by atoms with Gasteiger partial charge in [0.15, 0.2) is 0 Å². The minimum absolute atomic E-state index is 1.35. The van der Waals surface area contributed by atoms with Crippen LogP contribution in [0, 0.1) is 0 Å². The maximum Gasteiger partial charge on any atom is -0.0000925 e. The summed E-state index contributed by atoms with van der Waals surface area (Å²) in [7, 11) is 0. The number of benzene rings is 11. The highest BCUT2D eigenvalue weighted by atomic mass is 14.3. The minimum Gasteiger partial charge on any atom is -0.0616 e. The van der Waals surface area contributed by atoms with Crippen LogP contribution in [0.2, 0.25) is 0 Å². The molecule has 0 aliphatic carbocycles. The van der Waals surface area contributed by atoms with Crippen molar-refractivity contribution in [3.63, 3.8) is 0 Å². The van der Waals surface area contributed by atoms with Crippen LogP contribution in [0.4, 0.5) is 0 Å². The van der Waals surface area contributed by atoms with Gasteiger partial charge in [0.25, 0.3) is 0 Å². The average Bonchev–Trinajstić information content (AvgIpc) is 2.94. The minimum atomic E-state index is 1.35. The van der Waals surface area contributed by atoms with Crippen LogP contribution < -0.4 is 0 Å². The van der Waals surface area contributed by atoms with Gasteiger partial charge in [-0.2, -0.15) is 0 Å². The number of hydrogen-bond acceptors (Lipinski definition) is 0. The summed E-state index contributed by atoms with van der Waals surface area (Å²) in [5.74, 6) is 0. The highest BCUT2D eigenvalue weighted by Crippen LogP contribution is 2.55. The van der Waals surface area contributed by atoms with Crippen molar-refractivity contribution in [2.45, 2.75) is 0 Å². The van der Waals surface area contributed by atoms with Gasteiger partial charge in [-0.15, -0.1) is 0 Å². The summed E-state index contributed by atoms with van der Waals surface area (Å²) in [6, 6.07) is 37.3. The number of rotatable bonds is 0. The summed E-state index contributed by atoms with van der Waals surface area (Å²) >= 11 is 0. The van der Waals surface area contributed by atoms with E-state index in [0.29, 0.717) is 0 Å². The molecule has 0 heteroatoms. The van der Waals surface area contributed by atoms with Gasteiger partial charge in [0.05, 0.1) is 0 Å². The lowest BCUT2D eigenvalue weighted by atomic mass is 9.77. The molecule has 36 heavy (non-hydrogen) atoms. The van der Waals surface area contributed by atoms with Gasteiger partial charge < -0.3 is 0 Å². The Balaban J connectivity index is 1.70. The van der Waals surface area contributed by atoms with E-state index in [1.807, 2.05) is 0 Å². The van der Waals surface area contributed by atoms with E-state index in [1.165, 1.54) is 108 Å². The molecule has 0 amide bonds. The molecule has 160 valence electrons. The largest absolute Gasteiger partial charge is 0.0616 e. The number of fused-ring (bicyclic) bond motifs is 3. The molecule has 0 nitrogen and oxygen atoms in total. The second kappa shape index (κ2) is 5.12. The molecule has 11 rings (SSSR count). The zero-order chi connectivity index (χ0) is 22.9. The van der Waals surface area contributed by atoms with Crippen LogP contribution >= 0.6 is 0 Å². The Labute approximate surface area is 204 Å². The maximum atomic E-state index is 2.44. The van der Waals surface area contributed by atoms with Crippen LogP contribution in [0.15, 0.2) is 97.1 Å². The van der Waals surface area contributed by atoms with E-state index in [-0.39, 0.29) is 0 Å². The third-order valence-corrected chi connectivity index (χ3v) is 9.34. The van der Waals surface area contributed by atoms with E-state index in [2.05, 4.69) is 97.1 Å². The SMILES string of the molecule is c1ccc2c(c1)c1ccc3cc4ccc5ccc6ccc7cc8ccc2c2c8c8c7c6c5c4c8c3c12. The van der Waals surface area contributed by atoms with Crippen molar-refractivity contribution in [2.75, 3.05) is 0 Å². The van der Waals surface area contributed by atoms with E-state index in [0.717, 1.165) is 0 Å². The second-order valence-corrected chi connectivity index (χ2v) is 10.8. The van der Waals surface area contributed by atoms with Gasteiger partial charge in [-0.1, -0.05) is 84.9 Å². The third-order valence-electron chi connectivity index (χ3n) is 9.34. The predicted molar refractivity (Wildman–Crippen MR) is 157 cm³/mol. The maximum absolute atomic E-state index is 2.44. The van der Waals surface area contributed by atoms with E-state index < -0.39 is 0 Å². The third kappa shape index (κ3) is 1.55. The Hall–Kier alpha value is -4.68. The molecule has 0 saturated carbocycles. The molecule has 0 N–H and O–H groups in total. The fraction of sp³-hybridized carbons (Fsp3) is 0. The van der Waals surface area contributed by atoms with E-state index in [4.69, 9.17) is 0 Å². The van der Waals surface area contributed by atoms with E-state index in [9.17, 15) is 0 Å². The smallest absolute Gasteiger partial charge is 0.0000925 e. The van der Waals surface area contributed by atoms with Crippen molar-refractivity contribution in [3.8, 4) is 0 Å².